The number of methoxy groups -OCH3 is 1. The fourth-order valence-electron chi connectivity index (χ4n) is 2.23. The summed E-state index contributed by atoms with van der Waals surface area (Å²) in [6.45, 7) is 1.89. The van der Waals surface area contributed by atoms with E-state index < -0.39 is 5.97 Å². The predicted molar refractivity (Wildman–Crippen MR) is 96.0 cm³/mol. The number of carbonyl (C=O) groups is 3. The second-order valence-electron chi connectivity index (χ2n) is 5.43. The number of nitrogens with one attached hydrogen (secondary N) is 2. The Morgan fingerprint density at radius 3 is 2.28 bits per heavy atom. The van der Waals surface area contributed by atoms with E-state index in [0.717, 1.165) is 5.69 Å². The van der Waals surface area contributed by atoms with Crippen LogP contribution in [0.15, 0.2) is 48.5 Å². The van der Waals surface area contributed by atoms with E-state index in [2.05, 4.69) is 15.4 Å². The summed E-state index contributed by atoms with van der Waals surface area (Å²) in [6, 6.07) is 13.7. The fourth-order valence-corrected chi connectivity index (χ4v) is 2.23. The van der Waals surface area contributed by atoms with Crippen molar-refractivity contribution in [3.8, 4) is 0 Å². The molecule has 25 heavy (non-hydrogen) atoms. The number of carbonyl (C=O) groups excluding carboxylic acids is 3. The molecule has 2 N–H and O–H groups in total. The standard InChI is InChI=1S/C19H20N2O4/c1-13(22)14-5-3-8-17(11-14)21-18(23)9-10-20-16-7-4-6-15(12-16)19(24)25-2/h3-8,11-12,20H,9-10H2,1-2H3,(H,21,23). The molecular formula is C19H20N2O4. The van der Waals surface area contributed by atoms with Gasteiger partial charge in [-0.1, -0.05) is 18.2 Å². The first kappa shape index (κ1) is 18.2. The lowest BCUT2D eigenvalue weighted by Crippen LogP contribution is -2.16. The molecule has 0 unspecified atom stereocenters. The summed E-state index contributed by atoms with van der Waals surface area (Å²) < 4.78 is 4.67. The van der Waals surface area contributed by atoms with Crippen LogP contribution in [-0.2, 0) is 9.53 Å². The monoisotopic (exact) mass is 340 g/mol. The van der Waals surface area contributed by atoms with Gasteiger partial charge in [0.25, 0.3) is 0 Å². The Balaban J connectivity index is 1.85. The quantitative estimate of drug-likeness (QED) is 0.597. The van der Waals surface area contributed by atoms with Crippen LogP contribution in [0.5, 0.6) is 0 Å². The Bertz CT molecular complexity index is 786. The summed E-state index contributed by atoms with van der Waals surface area (Å²) in [5, 5.41) is 5.84. The van der Waals surface area contributed by atoms with Crippen LogP contribution in [0, 0.1) is 0 Å². The van der Waals surface area contributed by atoms with Gasteiger partial charge in [-0.25, -0.2) is 4.79 Å². The number of benzene rings is 2. The minimum absolute atomic E-state index is 0.0525. The number of ketones is 1. The Kier molecular flexibility index (Phi) is 6.28. The first-order valence-electron chi connectivity index (χ1n) is 7.82. The molecule has 0 radical (unpaired) electrons. The topological polar surface area (TPSA) is 84.5 Å². The van der Waals surface area contributed by atoms with Crippen molar-refractivity contribution in [1.82, 2.24) is 0 Å². The molecule has 0 bridgehead atoms. The van der Waals surface area contributed by atoms with E-state index in [1.54, 1.807) is 48.5 Å². The fraction of sp³-hybridized carbons (Fsp3) is 0.211. The zero-order chi connectivity index (χ0) is 18.2. The van der Waals surface area contributed by atoms with Crippen LogP contribution in [0.4, 0.5) is 11.4 Å². The van der Waals surface area contributed by atoms with Crippen molar-refractivity contribution < 1.29 is 19.1 Å². The normalized spacial score (nSPS) is 10.0. The van der Waals surface area contributed by atoms with Gasteiger partial charge in [0.1, 0.15) is 0 Å². The first-order chi connectivity index (χ1) is 12.0. The number of ether oxygens (including phenoxy) is 1. The van der Waals surface area contributed by atoms with Crippen LogP contribution in [0.1, 0.15) is 34.1 Å². The SMILES string of the molecule is COC(=O)c1cccc(NCCC(=O)Nc2cccc(C(C)=O)c2)c1. The molecule has 2 aromatic rings. The molecule has 0 aliphatic heterocycles. The molecule has 2 aromatic carbocycles. The Morgan fingerprint density at radius 2 is 1.60 bits per heavy atom. The van der Waals surface area contributed by atoms with Crippen molar-refractivity contribution in [3.63, 3.8) is 0 Å². The maximum Gasteiger partial charge on any atom is 0.337 e. The highest BCUT2D eigenvalue weighted by Crippen LogP contribution is 2.13. The molecule has 6 heteroatoms. The molecule has 130 valence electrons. The van der Waals surface area contributed by atoms with E-state index in [1.165, 1.54) is 14.0 Å². The van der Waals surface area contributed by atoms with Gasteiger partial charge in [-0.2, -0.15) is 0 Å². The zero-order valence-corrected chi connectivity index (χ0v) is 14.2. The summed E-state index contributed by atoms with van der Waals surface area (Å²) in [4.78, 5) is 34.8. The molecular weight excluding hydrogens is 320 g/mol. The lowest BCUT2D eigenvalue weighted by atomic mass is 10.1. The molecule has 0 fully saturated rings. The molecule has 0 aliphatic rings. The highest BCUT2D eigenvalue weighted by molar-refractivity contribution is 5.97. The van der Waals surface area contributed by atoms with E-state index in [9.17, 15) is 14.4 Å². The number of esters is 1. The molecule has 0 atom stereocenters. The molecule has 0 spiro atoms. The third kappa shape index (κ3) is 5.46. The van der Waals surface area contributed by atoms with E-state index in [4.69, 9.17) is 0 Å². The smallest absolute Gasteiger partial charge is 0.337 e. The second-order valence-corrected chi connectivity index (χ2v) is 5.43. The number of Topliss-reactive ketones (excluding diaryl/α,β-unsaturated/α-hetero) is 1. The summed E-state index contributed by atoms with van der Waals surface area (Å²) in [6.07, 6.45) is 0.243. The summed E-state index contributed by atoms with van der Waals surface area (Å²) in [5.41, 5.74) is 2.31. The second kappa shape index (κ2) is 8.63. The summed E-state index contributed by atoms with van der Waals surface area (Å²) >= 11 is 0. The molecule has 0 saturated heterocycles. The highest BCUT2D eigenvalue weighted by Gasteiger charge is 2.07. The lowest BCUT2D eigenvalue weighted by molar-refractivity contribution is -0.115. The van der Waals surface area contributed by atoms with Gasteiger partial charge in [-0.3, -0.25) is 9.59 Å². The van der Waals surface area contributed by atoms with Crippen molar-refractivity contribution in [2.24, 2.45) is 0 Å². The van der Waals surface area contributed by atoms with Gasteiger partial charge in [0.2, 0.25) is 5.91 Å². The van der Waals surface area contributed by atoms with Gasteiger partial charge in [0, 0.05) is 29.9 Å². The van der Waals surface area contributed by atoms with E-state index in [0.29, 0.717) is 23.4 Å². The average Bonchev–Trinajstić information content (AvgIpc) is 2.61. The number of anilines is 2. The van der Waals surface area contributed by atoms with Gasteiger partial charge in [-0.15, -0.1) is 0 Å². The van der Waals surface area contributed by atoms with Gasteiger partial charge >= 0.3 is 5.97 Å². The van der Waals surface area contributed by atoms with Gasteiger partial charge in [0.15, 0.2) is 5.78 Å². The van der Waals surface area contributed by atoms with Crippen molar-refractivity contribution in [1.29, 1.82) is 0 Å². The maximum atomic E-state index is 12.0. The van der Waals surface area contributed by atoms with Crippen molar-refractivity contribution in [3.05, 3.63) is 59.7 Å². The van der Waals surface area contributed by atoms with Crippen LogP contribution in [0.2, 0.25) is 0 Å². The molecule has 0 aromatic heterocycles. The minimum Gasteiger partial charge on any atom is -0.465 e. The molecule has 6 nitrogen and oxygen atoms in total. The molecule has 1 amide bonds. The zero-order valence-electron chi connectivity index (χ0n) is 14.2. The molecule has 2 rings (SSSR count). The van der Waals surface area contributed by atoms with E-state index in [1.807, 2.05) is 0 Å². The number of hydrogen-bond donors (Lipinski definition) is 2. The Labute approximate surface area is 146 Å². The summed E-state index contributed by atoms with van der Waals surface area (Å²) in [5.74, 6) is -0.632. The molecule has 0 saturated carbocycles. The van der Waals surface area contributed by atoms with Gasteiger partial charge in [0.05, 0.1) is 12.7 Å². The van der Waals surface area contributed by atoms with Crippen LogP contribution in [0.3, 0.4) is 0 Å². The predicted octanol–water partition coefficient (Wildman–Crippen LogP) is 3.12. The van der Waals surface area contributed by atoms with Crippen LogP contribution >= 0.6 is 0 Å². The minimum atomic E-state index is -0.410. The summed E-state index contributed by atoms with van der Waals surface area (Å²) in [7, 11) is 1.33. The lowest BCUT2D eigenvalue weighted by Gasteiger charge is -2.09. The van der Waals surface area contributed by atoms with Crippen LogP contribution in [-0.4, -0.2) is 31.3 Å². The number of hydrogen-bond acceptors (Lipinski definition) is 5. The number of amides is 1. The van der Waals surface area contributed by atoms with Gasteiger partial charge in [-0.05, 0) is 37.3 Å². The van der Waals surface area contributed by atoms with Crippen molar-refractivity contribution in [2.45, 2.75) is 13.3 Å². The Morgan fingerprint density at radius 1 is 0.960 bits per heavy atom. The Hall–Kier alpha value is -3.15. The van der Waals surface area contributed by atoms with E-state index >= 15 is 0 Å². The van der Waals surface area contributed by atoms with Crippen molar-refractivity contribution in [2.75, 3.05) is 24.3 Å². The van der Waals surface area contributed by atoms with Crippen LogP contribution < -0.4 is 10.6 Å². The largest absolute Gasteiger partial charge is 0.465 e. The van der Waals surface area contributed by atoms with Gasteiger partial charge < -0.3 is 15.4 Å². The highest BCUT2D eigenvalue weighted by atomic mass is 16.5. The van der Waals surface area contributed by atoms with E-state index in [-0.39, 0.29) is 18.1 Å². The third-order valence-electron chi connectivity index (χ3n) is 3.52. The first-order valence-corrected chi connectivity index (χ1v) is 7.82. The average molecular weight is 340 g/mol. The number of rotatable bonds is 7. The van der Waals surface area contributed by atoms with Crippen LogP contribution in [0.25, 0.3) is 0 Å². The maximum absolute atomic E-state index is 12.0. The van der Waals surface area contributed by atoms with Crippen molar-refractivity contribution >= 4 is 29.0 Å². The molecule has 0 aliphatic carbocycles. The third-order valence-corrected chi connectivity index (χ3v) is 3.52. The molecule has 0 heterocycles.